The highest BCUT2D eigenvalue weighted by Crippen LogP contribution is 2.22. The van der Waals surface area contributed by atoms with Crippen molar-refractivity contribution >= 4 is 15.9 Å². The van der Waals surface area contributed by atoms with Gasteiger partial charge in [-0.2, -0.15) is 5.26 Å². The highest BCUT2D eigenvalue weighted by Gasteiger charge is 2.15. The summed E-state index contributed by atoms with van der Waals surface area (Å²) in [4.78, 5) is 2.21. The zero-order valence-corrected chi connectivity index (χ0v) is 13.5. The van der Waals surface area contributed by atoms with Crippen LogP contribution in [0.25, 0.3) is 0 Å². The third-order valence-corrected chi connectivity index (χ3v) is 4.03. The lowest BCUT2D eigenvalue weighted by atomic mass is 10.0. The number of hydrogen-bond donors (Lipinski definition) is 1. The second kappa shape index (κ2) is 7.37. The zero-order valence-electron chi connectivity index (χ0n) is 12.0. The molecule has 2 aromatic rings. The molecule has 0 bridgehead atoms. The van der Waals surface area contributed by atoms with E-state index in [2.05, 4.69) is 46.1 Å². The number of nitrogens with zero attached hydrogens (tertiary/aromatic N) is 2. The van der Waals surface area contributed by atoms with Crippen molar-refractivity contribution in [3.8, 4) is 6.07 Å². The monoisotopic (exact) mass is 343 g/mol. The minimum atomic E-state index is 0.156. The van der Waals surface area contributed by atoms with E-state index >= 15 is 0 Å². The number of nitrogens with two attached hydrogens (primary N) is 1. The van der Waals surface area contributed by atoms with E-state index in [0.29, 0.717) is 12.1 Å². The Morgan fingerprint density at radius 3 is 2.57 bits per heavy atom. The van der Waals surface area contributed by atoms with Crippen LogP contribution in [0.3, 0.4) is 0 Å². The van der Waals surface area contributed by atoms with Crippen molar-refractivity contribution in [2.75, 3.05) is 13.6 Å². The van der Waals surface area contributed by atoms with Crippen molar-refractivity contribution < 1.29 is 0 Å². The summed E-state index contributed by atoms with van der Waals surface area (Å²) in [5.74, 6) is 0. The molecule has 2 N–H and O–H groups in total. The molecule has 4 heteroatoms. The summed E-state index contributed by atoms with van der Waals surface area (Å²) in [6.45, 7) is 1.31. The Morgan fingerprint density at radius 2 is 1.95 bits per heavy atom. The maximum atomic E-state index is 8.97. The maximum Gasteiger partial charge on any atom is 0.0991 e. The lowest BCUT2D eigenvalue weighted by Crippen LogP contribution is -2.30. The van der Waals surface area contributed by atoms with Gasteiger partial charge in [0.15, 0.2) is 0 Å². The van der Waals surface area contributed by atoms with Crippen LogP contribution in [-0.4, -0.2) is 18.5 Å². The molecule has 0 amide bonds. The Hall–Kier alpha value is -1.67. The molecule has 0 aromatic heterocycles. The third-order valence-electron chi connectivity index (χ3n) is 3.50. The van der Waals surface area contributed by atoms with Gasteiger partial charge in [-0.15, -0.1) is 0 Å². The fourth-order valence-corrected chi connectivity index (χ4v) is 2.66. The first-order valence-electron chi connectivity index (χ1n) is 6.79. The van der Waals surface area contributed by atoms with Crippen LogP contribution in [0.4, 0.5) is 0 Å². The molecule has 2 rings (SSSR count). The molecule has 2 aromatic carbocycles. The molecule has 1 unspecified atom stereocenters. The van der Waals surface area contributed by atoms with E-state index in [4.69, 9.17) is 11.0 Å². The minimum Gasteiger partial charge on any atom is -0.329 e. The lowest BCUT2D eigenvalue weighted by molar-refractivity contribution is 0.242. The van der Waals surface area contributed by atoms with Gasteiger partial charge in [-0.05, 0) is 42.4 Å². The average Bonchev–Trinajstić information content (AvgIpc) is 2.50. The minimum absolute atomic E-state index is 0.156. The van der Waals surface area contributed by atoms with Gasteiger partial charge in [-0.3, -0.25) is 4.90 Å². The predicted molar refractivity (Wildman–Crippen MR) is 88.6 cm³/mol. The SMILES string of the molecule is CN(Cc1cccc(C#N)c1)C(CN)c1ccc(Br)cc1. The van der Waals surface area contributed by atoms with E-state index in [1.807, 2.05) is 36.4 Å². The molecule has 0 saturated heterocycles. The van der Waals surface area contributed by atoms with Crippen LogP contribution < -0.4 is 5.73 Å². The number of halogens is 1. The Labute approximate surface area is 134 Å². The number of nitriles is 1. The maximum absolute atomic E-state index is 8.97. The van der Waals surface area contributed by atoms with Crippen molar-refractivity contribution in [3.05, 3.63) is 69.7 Å². The Morgan fingerprint density at radius 1 is 1.24 bits per heavy atom. The Balaban J connectivity index is 2.14. The molecule has 0 heterocycles. The van der Waals surface area contributed by atoms with Crippen LogP contribution in [0.2, 0.25) is 0 Å². The predicted octanol–water partition coefficient (Wildman–Crippen LogP) is 3.45. The van der Waals surface area contributed by atoms with E-state index < -0.39 is 0 Å². The molecule has 0 fully saturated rings. The molecule has 0 aliphatic carbocycles. The van der Waals surface area contributed by atoms with Crippen LogP contribution in [-0.2, 0) is 6.54 Å². The average molecular weight is 344 g/mol. The van der Waals surface area contributed by atoms with Gasteiger partial charge in [-0.1, -0.05) is 40.2 Å². The van der Waals surface area contributed by atoms with Crippen molar-refractivity contribution in [1.82, 2.24) is 4.90 Å². The van der Waals surface area contributed by atoms with E-state index in [9.17, 15) is 0 Å². The van der Waals surface area contributed by atoms with Crippen molar-refractivity contribution in [2.45, 2.75) is 12.6 Å². The molecule has 0 spiro atoms. The van der Waals surface area contributed by atoms with Crippen LogP contribution in [0.5, 0.6) is 0 Å². The molecule has 21 heavy (non-hydrogen) atoms. The third kappa shape index (κ3) is 4.15. The molecular formula is C17H18BrN3. The normalized spacial score (nSPS) is 12.1. The standard InChI is InChI=1S/C17H18BrN3/c1-21(12-14-4-2-3-13(9-14)10-19)17(11-20)15-5-7-16(18)8-6-15/h2-9,17H,11-12,20H2,1H3. The van der Waals surface area contributed by atoms with Gasteiger partial charge in [0.05, 0.1) is 11.6 Å². The highest BCUT2D eigenvalue weighted by atomic mass is 79.9. The summed E-state index contributed by atoms with van der Waals surface area (Å²) < 4.78 is 1.06. The quantitative estimate of drug-likeness (QED) is 0.904. The molecule has 0 saturated carbocycles. The lowest BCUT2D eigenvalue weighted by Gasteiger charge is -2.27. The van der Waals surface area contributed by atoms with Crippen LogP contribution in [0, 0.1) is 11.3 Å². The summed E-state index contributed by atoms with van der Waals surface area (Å²) >= 11 is 3.45. The number of hydrogen-bond acceptors (Lipinski definition) is 3. The van der Waals surface area contributed by atoms with Crippen LogP contribution in [0.1, 0.15) is 22.7 Å². The zero-order chi connectivity index (χ0) is 15.2. The van der Waals surface area contributed by atoms with Crippen LogP contribution in [0.15, 0.2) is 53.0 Å². The molecule has 0 aliphatic heterocycles. The van der Waals surface area contributed by atoms with Crippen molar-refractivity contribution in [3.63, 3.8) is 0 Å². The molecule has 1 atom stereocenters. The fraction of sp³-hybridized carbons (Fsp3) is 0.235. The summed E-state index contributed by atoms with van der Waals surface area (Å²) in [6.07, 6.45) is 0. The fourth-order valence-electron chi connectivity index (χ4n) is 2.39. The highest BCUT2D eigenvalue weighted by molar-refractivity contribution is 9.10. The van der Waals surface area contributed by atoms with Crippen molar-refractivity contribution in [2.24, 2.45) is 5.73 Å². The summed E-state index contributed by atoms with van der Waals surface area (Å²) in [7, 11) is 2.05. The summed E-state index contributed by atoms with van der Waals surface area (Å²) in [6, 6.07) is 18.3. The Bertz CT molecular complexity index is 631. The second-order valence-corrected chi connectivity index (χ2v) is 5.95. The van der Waals surface area contributed by atoms with Crippen molar-refractivity contribution in [1.29, 1.82) is 5.26 Å². The first-order chi connectivity index (χ1) is 10.1. The van der Waals surface area contributed by atoms with Gasteiger partial charge in [0, 0.05) is 23.6 Å². The molecule has 0 aliphatic rings. The van der Waals surface area contributed by atoms with E-state index in [1.165, 1.54) is 5.56 Å². The Kier molecular flexibility index (Phi) is 5.51. The molecule has 3 nitrogen and oxygen atoms in total. The van der Waals surface area contributed by atoms with Gasteiger partial charge >= 0.3 is 0 Å². The topological polar surface area (TPSA) is 53.0 Å². The van der Waals surface area contributed by atoms with Gasteiger partial charge < -0.3 is 5.73 Å². The number of rotatable bonds is 5. The van der Waals surface area contributed by atoms with Gasteiger partial charge in [-0.25, -0.2) is 0 Å². The van der Waals surface area contributed by atoms with E-state index in [1.54, 1.807) is 0 Å². The summed E-state index contributed by atoms with van der Waals surface area (Å²) in [5.41, 5.74) is 8.95. The number of likely N-dealkylation sites (N-methyl/N-ethyl adjacent to an activating group) is 1. The second-order valence-electron chi connectivity index (χ2n) is 5.03. The first kappa shape index (κ1) is 15.7. The largest absolute Gasteiger partial charge is 0.329 e. The van der Waals surface area contributed by atoms with E-state index in [-0.39, 0.29) is 6.04 Å². The molecule has 108 valence electrons. The van der Waals surface area contributed by atoms with Gasteiger partial charge in [0.25, 0.3) is 0 Å². The van der Waals surface area contributed by atoms with Gasteiger partial charge in [0.1, 0.15) is 0 Å². The molecule has 0 radical (unpaired) electrons. The first-order valence-corrected chi connectivity index (χ1v) is 7.58. The number of benzene rings is 2. The molecular weight excluding hydrogens is 326 g/mol. The van der Waals surface area contributed by atoms with Crippen LogP contribution >= 0.6 is 15.9 Å². The van der Waals surface area contributed by atoms with Gasteiger partial charge in [0.2, 0.25) is 0 Å². The van der Waals surface area contributed by atoms with E-state index in [0.717, 1.165) is 16.6 Å². The summed E-state index contributed by atoms with van der Waals surface area (Å²) in [5, 5.41) is 8.97. The smallest absolute Gasteiger partial charge is 0.0991 e.